The van der Waals surface area contributed by atoms with Gasteiger partial charge in [0.15, 0.2) is 5.65 Å². The fourth-order valence-electron chi connectivity index (χ4n) is 2.66. The van der Waals surface area contributed by atoms with Crippen LogP contribution in [0.1, 0.15) is 22.5 Å². The van der Waals surface area contributed by atoms with Gasteiger partial charge in [0.2, 0.25) is 0 Å². The Hall–Kier alpha value is -2.40. The Labute approximate surface area is 136 Å². The van der Waals surface area contributed by atoms with Gasteiger partial charge in [-0.25, -0.2) is 9.97 Å². The third kappa shape index (κ3) is 3.05. The lowest BCUT2D eigenvalue weighted by Crippen LogP contribution is -2.14. The molecule has 0 radical (unpaired) electrons. The normalized spacial score (nSPS) is 11.1. The van der Waals surface area contributed by atoms with Crippen molar-refractivity contribution in [3.05, 3.63) is 53.0 Å². The molecule has 2 N–H and O–H groups in total. The number of ether oxygens (including phenoxy) is 1. The lowest BCUT2D eigenvalue weighted by Gasteiger charge is -2.12. The molecule has 3 rings (SSSR count). The molecule has 3 aromatic rings. The van der Waals surface area contributed by atoms with E-state index < -0.39 is 0 Å². The van der Waals surface area contributed by atoms with Gasteiger partial charge in [0.1, 0.15) is 23.7 Å². The van der Waals surface area contributed by atoms with Crippen molar-refractivity contribution in [2.24, 2.45) is 5.73 Å². The molecule has 1 aromatic carbocycles. The van der Waals surface area contributed by atoms with Crippen LogP contribution >= 0.6 is 0 Å². The Morgan fingerprint density at radius 1 is 1.22 bits per heavy atom. The van der Waals surface area contributed by atoms with Crippen LogP contribution in [-0.4, -0.2) is 21.1 Å². The molecule has 0 saturated carbocycles. The van der Waals surface area contributed by atoms with Crippen molar-refractivity contribution in [1.82, 2.24) is 14.5 Å². The zero-order valence-corrected chi connectivity index (χ0v) is 13.8. The molecule has 0 aliphatic heterocycles. The molecule has 0 aliphatic carbocycles. The Bertz CT molecular complexity index is 838. The molecule has 2 aromatic heterocycles. The smallest absolute Gasteiger partial charge is 0.160 e. The Balaban J connectivity index is 1.92. The van der Waals surface area contributed by atoms with Crippen LogP contribution < -0.4 is 10.5 Å². The van der Waals surface area contributed by atoms with Crippen LogP contribution in [0.25, 0.3) is 11.2 Å². The minimum atomic E-state index is 0.402. The number of nitrogens with zero attached hydrogens (tertiary/aromatic N) is 3. The maximum atomic E-state index is 6.00. The van der Waals surface area contributed by atoms with Gasteiger partial charge in [-0.15, -0.1) is 0 Å². The predicted octanol–water partition coefficient (Wildman–Crippen LogP) is 2.89. The fraction of sp³-hybridized carbons (Fsp3) is 0.333. The van der Waals surface area contributed by atoms with Gasteiger partial charge in [0.05, 0.1) is 0 Å². The van der Waals surface area contributed by atoms with Gasteiger partial charge in [-0.2, -0.15) is 0 Å². The summed E-state index contributed by atoms with van der Waals surface area (Å²) in [5.41, 5.74) is 11.0. The van der Waals surface area contributed by atoms with Gasteiger partial charge >= 0.3 is 0 Å². The maximum absolute atomic E-state index is 6.00. The molecular formula is C18H22N4O. The number of aromatic nitrogens is 3. The first-order valence-electron chi connectivity index (χ1n) is 7.81. The van der Waals surface area contributed by atoms with Gasteiger partial charge in [0.25, 0.3) is 0 Å². The number of benzene rings is 1. The Morgan fingerprint density at radius 2 is 2.04 bits per heavy atom. The molecule has 0 atom stereocenters. The summed E-state index contributed by atoms with van der Waals surface area (Å²) >= 11 is 0. The Kier molecular flexibility index (Phi) is 4.30. The van der Waals surface area contributed by atoms with E-state index in [0.717, 1.165) is 33.9 Å². The summed E-state index contributed by atoms with van der Waals surface area (Å²) in [5.74, 6) is 1.74. The number of pyridine rings is 1. The highest BCUT2D eigenvalue weighted by molar-refractivity contribution is 5.72. The average molecular weight is 310 g/mol. The first-order valence-corrected chi connectivity index (χ1v) is 7.81. The first-order chi connectivity index (χ1) is 11.1. The van der Waals surface area contributed by atoms with E-state index >= 15 is 0 Å². The summed E-state index contributed by atoms with van der Waals surface area (Å²) < 4.78 is 8.04. The monoisotopic (exact) mass is 310 g/mol. The molecule has 120 valence electrons. The van der Waals surface area contributed by atoms with Gasteiger partial charge in [0, 0.05) is 19.3 Å². The second-order valence-electron chi connectivity index (χ2n) is 5.81. The van der Waals surface area contributed by atoms with Crippen molar-refractivity contribution in [3.63, 3.8) is 0 Å². The van der Waals surface area contributed by atoms with Crippen LogP contribution in [0.15, 0.2) is 30.5 Å². The van der Waals surface area contributed by atoms with Crippen molar-refractivity contribution < 1.29 is 4.74 Å². The van der Waals surface area contributed by atoms with Crippen molar-refractivity contribution in [3.8, 4) is 5.75 Å². The van der Waals surface area contributed by atoms with Crippen LogP contribution in [0.3, 0.4) is 0 Å². The summed E-state index contributed by atoms with van der Waals surface area (Å²) in [6, 6.07) is 8.11. The largest absolute Gasteiger partial charge is 0.485 e. The van der Waals surface area contributed by atoms with E-state index in [4.69, 9.17) is 10.5 Å². The number of imidazole rings is 1. The first kappa shape index (κ1) is 15.5. The summed E-state index contributed by atoms with van der Waals surface area (Å²) in [5, 5.41) is 0. The summed E-state index contributed by atoms with van der Waals surface area (Å²) in [6.45, 7) is 7.78. The van der Waals surface area contributed by atoms with Crippen LogP contribution in [0.4, 0.5) is 0 Å². The van der Waals surface area contributed by atoms with E-state index in [1.54, 1.807) is 0 Å². The van der Waals surface area contributed by atoms with Crippen LogP contribution in [0, 0.1) is 20.8 Å². The quantitative estimate of drug-likeness (QED) is 0.787. The van der Waals surface area contributed by atoms with Gasteiger partial charge in [-0.3, -0.25) is 0 Å². The number of rotatable bonds is 5. The highest BCUT2D eigenvalue weighted by Crippen LogP contribution is 2.22. The van der Waals surface area contributed by atoms with E-state index in [9.17, 15) is 0 Å². The van der Waals surface area contributed by atoms with E-state index in [1.807, 2.05) is 35.9 Å². The summed E-state index contributed by atoms with van der Waals surface area (Å²) in [4.78, 5) is 9.18. The zero-order chi connectivity index (χ0) is 16.4. The van der Waals surface area contributed by atoms with E-state index in [1.165, 1.54) is 5.56 Å². The topological polar surface area (TPSA) is 66.0 Å². The summed E-state index contributed by atoms with van der Waals surface area (Å²) in [7, 11) is 0. The molecule has 0 amide bonds. The van der Waals surface area contributed by atoms with E-state index in [2.05, 4.69) is 29.9 Å². The van der Waals surface area contributed by atoms with Gasteiger partial charge in [-0.05, 0) is 49.6 Å². The maximum Gasteiger partial charge on any atom is 0.160 e. The molecule has 0 bridgehead atoms. The van der Waals surface area contributed by atoms with Crippen molar-refractivity contribution in [2.75, 3.05) is 6.54 Å². The third-order valence-corrected chi connectivity index (χ3v) is 4.07. The third-order valence-electron chi connectivity index (χ3n) is 4.07. The number of hydrogen-bond donors (Lipinski definition) is 1. The molecule has 0 unspecified atom stereocenters. The fourth-order valence-corrected chi connectivity index (χ4v) is 2.66. The highest BCUT2D eigenvalue weighted by Gasteiger charge is 2.13. The van der Waals surface area contributed by atoms with E-state index in [-0.39, 0.29) is 0 Å². The molecule has 5 nitrogen and oxygen atoms in total. The molecule has 0 spiro atoms. The lowest BCUT2D eigenvalue weighted by molar-refractivity contribution is 0.288. The number of nitrogens with two attached hydrogens (primary N) is 1. The lowest BCUT2D eigenvalue weighted by atomic mass is 10.1. The number of aryl methyl sites for hydroxylation is 2. The van der Waals surface area contributed by atoms with Crippen LogP contribution in [-0.2, 0) is 13.2 Å². The highest BCUT2D eigenvalue weighted by atomic mass is 16.5. The Morgan fingerprint density at radius 3 is 2.83 bits per heavy atom. The van der Waals surface area contributed by atoms with Crippen molar-refractivity contribution in [1.29, 1.82) is 0 Å². The van der Waals surface area contributed by atoms with Crippen molar-refractivity contribution in [2.45, 2.75) is 33.9 Å². The second-order valence-corrected chi connectivity index (χ2v) is 5.81. The molecule has 23 heavy (non-hydrogen) atoms. The number of hydrogen-bond acceptors (Lipinski definition) is 4. The summed E-state index contributed by atoms with van der Waals surface area (Å²) in [6.07, 6.45) is 1.85. The molecule has 0 aliphatic rings. The van der Waals surface area contributed by atoms with Crippen LogP contribution in [0.2, 0.25) is 0 Å². The average Bonchev–Trinajstić information content (AvgIpc) is 2.86. The molecular weight excluding hydrogens is 288 g/mol. The molecule has 0 saturated heterocycles. The predicted molar refractivity (Wildman–Crippen MR) is 91.6 cm³/mol. The van der Waals surface area contributed by atoms with E-state index in [0.29, 0.717) is 19.7 Å². The molecule has 5 heteroatoms. The minimum Gasteiger partial charge on any atom is -0.485 e. The molecule has 0 fully saturated rings. The van der Waals surface area contributed by atoms with Crippen molar-refractivity contribution >= 4 is 11.2 Å². The van der Waals surface area contributed by atoms with Crippen LogP contribution in [0.5, 0.6) is 5.75 Å². The zero-order valence-electron chi connectivity index (χ0n) is 13.8. The SMILES string of the molecule is Cc1cnc2c(c1)nc(COc1cccc(C)c1C)n2CCN. The van der Waals surface area contributed by atoms with Gasteiger partial charge < -0.3 is 15.0 Å². The standard InChI is InChI=1S/C18H22N4O/c1-12-9-15-18(20-10-12)22(8-7-19)17(21-15)11-23-16-6-4-5-13(2)14(16)3/h4-6,9-10H,7-8,11,19H2,1-3H3. The number of fused-ring (bicyclic) bond motifs is 1. The molecule has 2 heterocycles. The second kappa shape index (κ2) is 6.38. The van der Waals surface area contributed by atoms with Gasteiger partial charge in [-0.1, -0.05) is 12.1 Å². The minimum absolute atomic E-state index is 0.402.